The van der Waals surface area contributed by atoms with Crippen molar-refractivity contribution in [1.82, 2.24) is 20.1 Å². The zero-order valence-corrected chi connectivity index (χ0v) is 20.0. The summed E-state index contributed by atoms with van der Waals surface area (Å²) < 4.78 is 21.2. The number of carbonyl (C=O) groups excluding carboxylic acids is 2. The molecule has 2 aromatic carbocycles. The van der Waals surface area contributed by atoms with Crippen molar-refractivity contribution in [3.8, 4) is 16.9 Å². The lowest BCUT2D eigenvalue weighted by Gasteiger charge is -2.13. The molecule has 4 aromatic rings. The number of para-hydroxylation sites is 1. The van der Waals surface area contributed by atoms with Crippen molar-refractivity contribution in [3.63, 3.8) is 0 Å². The fourth-order valence-corrected chi connectivity index (χ4v) is 4.13. The molecule has 1 fully saturated rings. The summed E-state index contributed by atoms with van der Waals surface area (Å²) in [6.45, 7) is 0.307. The predicted molar refractivity (Wildman–Crippen MR) is 134 cm³/mol. The molecule has 2 amide bonds. The molecule has 0 saturated carbocycles. The van der Waals surface area contributed by atoms with Crippen LogP contribution in [0, 0.1) is 5.82 Å². The van der Waals surface area contributed by atoms with Gasteiger partial charge in [-0.3, -0.25) is 14.6 Å². The molecule has 1 aliphatic heterocycles. The van der Waals surface area contributed by atoms with E-state index in [0.29, 0.717) is 11.4 Å². The third kappa shape index (κ3) is 5.21. The van der Waals surface area contributed by atoms with Crippen LogP contribution in [0.2, 0.25) is 5.02 Å². The molecule has 9 nitrogen and oxygen atoms in total. The zero-order chi connectivity index (χ0) is 25.9. The van der Waals surface area contributed by atoms with E-state index in [-0.39, 0.29) is 40.9 Å². The third-order valence-electron chi connectivity index (χ3n) is 5.79. The Bertz CT molecular complexity index is 1450. The summed E-state index contributed by atoms with van der Waals surface area (Å²) in [6, 6.07) is 17.1. The summed E-state index contributed by atoms with van der Waals surface area (Å²) in [4.78, 5) is 30.3. The molecule has 1 aliphatic rings. The average molecular weight is 522 g/mol. The zero-order valence-electron chi connectivity index (χ0n) is 19.3. The van der Waals surface area contributed by atoms with Crippen molar-refractivity contribution in [1.29, 1.82) is 0 Å². The number of benzene rings is 2. The normalized spacial score (nSPS) is 16.9. The Hall–Kier alpha value is -4.12. The first-order chi connectivity index (χ1) is 17.9. The van der Waals surface area contributed by atoms with Crippen LogP contribution >= 0.6 is 11.6 Å². The number of rotatable bonds is 6. The maximum Gasteiger partial charge on any atom is 0.272 e. The molecule has 0 radical (unpaired) electrons. The van der Waals surface area contributed by atoms with Gasteiger partial charge in [0.05, 0.1) is 47.3 Å². The lowest BCUT2D eigenvalue weighted by atomic mass is 10.1. The molecule has 1 saturated heterocycles. The van der Waals surface area contributed by atoms with Crippen molar-refractivity contribution < 1.29 is 23.8 Å². The Balaban J connectivity index is 1.47. The molecular weight excluding hydrogens is 501 g/mol. The van der Waals surface area contributed by atoms with Crippen molar-refractivity contribution in [2.75, 3.05) is 18.5 Å². The van der Waals surface area contributed by atoms with Crippen LogP contribution in [0.25, 0.3) is 16.9 Å². The molecule has 11 heteroatoms. The standard InChI is InChI=1S/C26H21ClFN5O4/c27-18-11-19(28)17(20-8-4-5-9-29-20)10-16(18)25(35)31-24-12-21(26(36)30-22-13-37-14-23(22)34)32-33(24)15-6-2-1-3-7-15/h1-12,22-23,34H,13-14H2,(H,30,36)(H,31,35)/t22-,23-/m1/s1. The second kappa shape index (κ2) is 10.5. The Morgan fingerprint density at radius 1 is 1.05 bits per heavy atom. The van der Waals surface area contributed by atoms with Gasteiger partial charge in [0.2, 0.25) is 0 Å². The highest BCUT2D eigenvalue weighted by atomic mass is 35.5. The van der Waals surface area contributed by atoms with Gasteiger partial charge in [-0.25, -0.2) is 9.07 Å². The number of anilines is 1. The maximum absolute atomic E-state index is 14.6. The van der Waals surface area contributed by atoms with Crippen LogP contribution in [-0.4, -0.2) is 57.0 Å². The topological polar surface area (TPSA) is 118 Å². The number of carbonyl (C=O) groups is 2. The predicted octanol–water partition coefficient (Wildman–Crippen LogP) is 3.47. The smallest absolute Gasteiger partial charge is 0.272 e. The van der Waals surface area contributed by atoms with E-state index in [2.05, 4.69) is 20.7 Å². The van der Waals surface area contributed by atoms with E-state index >= 15 is 0 Å². The molecule has 5 rings (SSSR count). The van der Waals surface area contributed by atoms with Crippen molar-refractivity contribution in [3.05, 3.63) is 95.0 Å². The summed E-state index contributed by atoms with van der Waals surface area (Å²) in [6.07, 6.45) is 0.693. The fraction of sp³-hybridized carbons (Fsp3) is 0.154. The van der Waals surface area contributed by atoms with Crippen LogP contribution in [0.5, 0.6) is 0 Å². The van der Waals surface area contributed by atoms with Crippen molar-refractivity contribution in [2.24, 2.45) is 0 Å². The molecule has 3 heterocycles. The number of aliphatic hydroxyl groups excluding tert-OH is 1. The van der Waals surface area contributed by atoms with Gasteiger partial charge >= 0.3 is 0 Å². The number of nitrogens with zero attached hydrogens (tertiary/aromatic N) is 3. The highest BCUT2D eigenvalue weighted by Gasteiger charge is 2.29. The Morgan fingerprint density at radius 2 is 1.84 bits per heavy atom. The van der Waals surface area contributed by atoms with Gasteiger partial charge in [-0.15, -0.1) is 0 Å². The minimum atomic E-state index is -0.826. The highest BCUT2D eigenvalue weighted by molar-refractivity contribution is 6.34. The van der Waals surface area contributed by atoms with Crippen molar-refractivity contribution >= 4 is 29.2 Å². The van der Waals surface area contributed by atoms with Gasteiger partial charge in [-0.05, 0) is 36.4 Å². The number of aromatic nitrogens is 3. The molecule has 188 valence electrons. The molecule has 0 aliphatic carbocycles. The monoisotopic (exact) mass is 521 g/mol. The first-order valence-electron chi connectivity index (χ1n) is 11.3. The number of halogens is 2. The van der Waals surface area contributed by atoms with Crippen LogP contribution in [0.3, 0.4) is 0 Å². The first kappa shape index (κ1) is 24.6. The van der Waals surface area contributed by atoms with E-state index in [1.807, 2.05) is 6.07 Å². The van der Waals surface area contributed by atoms with Crippen molar-refractivity contribution in [2.45, 2.75) is 12.1 Å². The molecule has 0 bridgehead atoms. The van der Waals surface area contributed by atoms with Gasteiger partial charge < -0.3 is 20.5 Å². The summed E-state index contributed by atoms with van der Waals surface area (Å²) in [5.74, 6) is -1.61. The van der Waals surface area contributed by atoms with E-state index in [1.54, 1.807) is 42.5 Å². The van der Waals surface area contributed by atoms with Gasteiger partial charge in [0.1, 0.15) is 11.6 Å². The van der Waals surface area contributed by atoms with Gasteiger partial charge in [0.15, 0.2) is 5.69 Å². The van der Waals surface area contributed by atoms with E-state index in [0.717, 1.165) is 6.07 Å². The molecule has 37 heavy (non-hydrogen) atoms. The maximum atomic E-state index is 14.6. The molecule has 2 aromatic heterocycles. The number of amides is 2. The molecule has 3 N–H and O–H groups in total. The van der Waals surface area contributed by atoms with Crippen LogP contribution in [0.1, 0.15) is 20.8 Å². The lowest BCUT2D eigenvalue weighted by Crippen LogP contribution is -2.42. The molecule has 2 atom stereocenters. The quantitative estimate of drug-likeness (QED) is 0.357. The largest absolute Gasteiger partial charge is 0.388 e. The lowest BCUT2D eigenvalue weighted by molar-refractivity contribution is 0.0881. The van der Waals surface area contributed by atoms with E-state index in [4.69, 9.17) is 16.3 Å². The number of ether oxygens (including phenoxy) is 1. The SMILES string of the molecule is O=C(N[C@@H]1COC[C@H]1O)c1cc(NC(=O)c2cc(-c3ccccn3)c(F)cc2Cl)n(-c2ccccc2)n1. The second-order valence-electron chi connectivity index (χ2n) is 8.33. The molecule has 0 spiro atoms. The number of hydrogen-bond acceptors (Lipinski definition) is 6. The van der Waals surface area contributed by atoms with Crippen LogP contribution in [-0.2, 0) is 4.74 Å². The van der Waals surface area contributed by atoms with Crippen LogP contribution in [0.15, 0.2) is 72.9 Å². The summed E-state index contributed by atoms with van der Waals surface area (Å²) in [7, 11) is 0. The van der Waals surface area contributed by atoms with Gasteiger partial charge in [-0.2, -0.15) is 5.10 Å². The third-order valence-corrected chi connectivity index (χ3v) is 6.11. The molecule has 0 unspecified atom stereocenters. The Morgan fingerprint density at radius 3 is 2.54 bits per heavy atom. The van der Waals surface area contributed by atoms with Gasteiger partial charge in [-0.1, -0.05) is 35.9 Å². The number of nitrogens with one attached hydrogen (secondary N) is 2. The van der Waals surface area contributed by atoms with Crippen LogP contribution in [0.4, 0.5) is 10.2 Å². The van der Waals surface area contributed by atoms with E-state index in [1.165, 1.54) is 23.0 Å². The van der Waals surface area contributed by atoms with E-state index < -0.39 is 29.8 Å². The fourth-order valence-electron chi connectivity index (χ4n) is 3.90. The van der Waals surface area contributed by atoms with Gasteiger partial charge in [0.25, 0.3) is 11.8 Å². The number of pyridine rings is 1. The summed E-state index contributed by atoms with van der Waals surface area (Å²) in [5.41, 5.74) is 1.07. The first-order valence-corrected chi connectivity index (χ1v) is 11.7. The summed E-state index contributed by atoms with van der Waals surface area (Å²) in [5, 5.41) is 19.6. The summed E-state index contributed by atoms with van der Waals surface area (Å²) >= 11 is 6.23. The Kier molecular flexibility index (Phi) is 6.95. The number of hydrogen-bond donors (Lipinski definition) is 3. The van der Waals surface area contributed by atoms with E-state index in [9.17, 15) is 19.1 Å². The minimum absolute atomic E-state index is 0.0117. The molecular formula is C26H21ClFN5O4. The highest BCUT2D eigenvalue weighted by Crippen LogP contribution is 2.28. The minimum Gasteiger partial charge on any atom is -0.388 e. The average Bonchev–Trinajstić information content (AvgIpc) is 3.51. The van der Waals surface area contributed by atoms with Gasteiger partial charge in [0, 0.05) is 17.8 Å². The van der Waals surface area contributed by atoms with Crippen LogP contribution < -0.4 is 10.6 Å². The Labute approximate surface area is 215 Å². The second-order valence-corrected chi connectivity index (χ2v) is 8.74. The number of aliphatic hydroxyl groups is 1.